The minimum atomic E-state index is -6.09. The molecule has 0 spiro atoms. The Hall–Kier alpha value is -6.44. The molecule has 0 bridgehead atoms. The number of hydrazone groups is 4. The van der Waals surface area contributed by atoms with Gasteiger partial charge in [0.2, 0.25) is 0 Å². The standard InChI is InChI=1S/C32H32N14.4CHF3O3S.CH3NO2.H2O.2Pb/c1-43(29-15-5-7-17-33-29)37-20-25-11-9-13-27(41-25)22-39-45(3)31-19-32(36-24-35-31)46(4)40-23-28-14-10-12-26(42-28)21-38-44(2)30-16-6-8-18-34-30;4*2-1(3,4)8(5,6)7;1-2(3)4;;;/h5-24H,1-4H3;4*(H,5,6,7);1H3;1H2;;/q;;;;;;;2*+2/p-3/b37-20+,38-21+,39-22+,40-23+;;;;;;;;. The van der Waals surface area contributed by atoms with Crippen molar-refractivity contribution in [3.8, 4) is 0 Å². The van der Waals surface area contributed by atoms with E-state index in [1.54, 1.807) is 77.4 Å². The summed E-state index contributed by atoms with van der Waals surface area (Å²) < 4.78 is 236. The molecule has 0 amide bonds. The Bertz CT molecular complexity index is 3120. The maximum Gasteiger partial charge on any atom is 2.00 e. The van der Waals surface area contributed by atoms with E-state index >= 15 is 0 Å². The zero-order chi connectivity index (χ0) is 63.7. The number of hydrogen-bond donors (Lipinski definition) is 0. The maximum absolute atomic E-state index is 10.7. The Morgan fingerprint density at radius 1 is 0.435 bits per heavy atom. The molecule has 0 fully saturated rings. The molecule has 0 aromatic carbocycles. The van der Waals surface area contributed by atoms with E-state index in [1.807, 2.05) is 86.9 Å². The van der Waals surface area contributed by atoms with Gasteiger partial charge in [0, 0.05) is 51.6 Å². The van der Waals surface area contributed by atoms with Crippen LogP contribution in [0.5, 0.6) is 0 Å². The Balaban J connectivity index is -0.000000682. The van der Waals surface area contributed by atoms with Crippen LogP contribution in [0.15, 0.2) is 118 Å². The van der Waals surface area contributed by atoms with Crippen molar-refractivity contribution < 1.29 is 115 Å². The predicted octanol–water partition coefficient (Wildman–Crippen LogP) is 2.35. The molecule has 0 aliphatic carbocycles. The molecule has 0 unspecified atom stereocenters. The third kappa shape index (κ3) is 35.6. The van der Waals surface area contributed by atoms with Crippen LogP contribution in [0, 0.1) is 10.1 Å². The first-order valence-electron chi connectivity index (χ1n) is 20.0. The Labute approximate surface area is 512 Å². The SMILES string of the molecule is CN(/N=C/c1cccc(/C=N/N(C)c2cc(N(C)/N=C/c3cccc(/C=N/N(C)c4ccccn4)n3)ncn2)n1)c1ccccn1.C[N+](=O)[O-].O=S(=O)([O-])C(F)(F)F.O=S(=O)([O-])C(F)(F)F.O=S(=O)([O-])C(F)(F)F.O=S(=O)([O-])C(F)(F)F.[OH3+].[Pb+2].[Pb+2]. The minimum absolute atomic E-state index is 0. The number of halogens is 12. The smallest absolute Gasteiger partial charge is 0.741 e. The largest absolute Gasteiger partial charge is 2.00 e. The van der Waals surface area contributed by atoms with Gasteiger partial charge in [0.25, 0.3) is 0 Å². The summed E-state index contributed by atoms with van der Waals surface area (Å²) in [6.45, 7) is 0. The first-order chi connectivity index (χ1) is 37.2. The fourth-order valence-corrected chi connectivity index (χ4v) is 3.83. The molecule has 4 radical (unpaired) electrons. The zero-order valence-corrected chi connectivity index (χ0v) is 53.8. The Morgan fingerprint density at radius 3 is 0.835 bits per heavy atom. The van der Waals surface area contributed by atoms with Gasteiger partial charge in [-0.15, -0.1) is 0 Å². The molecule has 5 rings (SSSR count). The van der Waals surface area contributed by atoms with Gasteiger partial charge in [-0.25, -0.2) is 63.6 Å². The van der Waals surface area contributed by atoms with Gasteiger partial charge in [0.15, 0.2) is 59.2 Å². The van der Waals surface area contributed by atoms with Crippen molar-refractivity contribution in [2.75, 3.05) is 55.3 Å². The molecule has 48 heteroatoms. The van der Waals surface area contributed by atoms with Crippen molar-refractivity contribution in [3.05, 3.63) is 130 Å². The van der Waals surface area contributed by atoms with Gasteiger partial charge in [-0.2, -0.15) is 73.1 Å². The molecule has 0 aliphatic heterocycles. The van der Waals surface area contributed by atoms with E-state index < -0.39 is 67.4 Å². The molecule has 3 N–H and O–H groups in total. The van der Waals surface area contributed by atoms with Gasteiger partial charge in [0.1, 0.15) is 18.0 Å². The second-order valence-electron chi connectivity index (χ2n) is 13.7. The number of rotatable bonds is 12. The van der Waals surface area contributed by atoms with Crippen LogP contribution < -0.4 is 20.0 Å². The summed E-state index contributed by atoms with van der Waals surface area (Å²) in [5.74, 6) is 2.62. The summed E-state index contributed by atoms with van der Waals surface area (Å²) in [5.41, 5.74) is -19.9. The van der Waals surface area contributed by atoms with E-state index in [-0.39, 0.29) is 60.1 Å². The van der Waals surface area contributed by atoms with Crippen LogP contribution in [-0.2, 0) is 45.9 Å². The summed E-state index contributed by atoms with van der Waals surface area (Å²) in [4.78, 5) is 34.8. The quantitative estimate of drug-likeness (QED) is 0.0253. The predicted molar refractivity (Wildman–Crippen MR) is 275 cm³/mol. The van der Waals surface area contributed by atoms with Crippen LogP contribution >= 0.6 is 0 Å². The molecular weight excluding hydrogens is 1670 g/mol. The average Bonchev–Trinajstić information content (AvgIpc) is 3.37. The third-order valence-electron chi connectivity index (χ3n) is 7.43. The second kappa shape index (κ2) is 37.2. The minimum Gasteiger partial charge on any atom is -0.741 e. The van der Waals surface area contributed by atoms with Crippen LogP contribution in [0.2, 0.25) is 0 Å². The molecule has 5 aromatic rings. The van der Waals surface area contributed by atoms with Crippen molar-refractivity contribution in [3.63, 3.8) is 0 Å². The van der Waals surface area contributed by atoms with Crippen molar-refractivity contribution in [1.82, 2.24) is 29.9 Å². The maximum atomic E-state index is 10.7. The molecular formula is C37H38F12N15O15Pb2S4+. The van der Waals surface area contributed by atoms with Crippen molar-refractivity contribution in [2.24, 2.45) is 20.4 Å². The van der Waals surface area contributed by atoms with Crippen LogP contribution in [0.1, 0.15) is 22.8 Å². The monoisotopic (exact) mass is 1700 g/mol. The molecule has 0 saturated carbocycles. The fraction of sp³-hybridized carbons (Fsp3) is 0.243. The summed E-state index contributed by atoms with van der Waals surface area (Å²) >= 11 is 0. The van der Waals surface area contributed by atoms with Crippen LogP contribution in [0.25, 0.3) is 0 Å². The molecule has 5 heterocycles. The first-order valence-corrected chi connectivity index (χ1v) is 25.7. The number of nitro groups is 1. The number of nitrogens with zero attached hydrogens (tertiary/aromatic N) is 15. The van der Waals surface area contributed by atoms with E-state index in [1.165, 1.54) is 6.33 Å². The second-order valence-corrected chi connectivity index (χ2v) is 19.2. The Morgan fingerprint density at radius 2 is 0.647 bits per heavy atom. The average molecular weight is 1700 g/mol. The Kier molecular flexibility index (Phi) is 37.2. The van der Waals surface area contributed by atoms with E-state index in [2.05, 4.69) is 50.3 Å². The number of alkyl halides is 12. The third-order valence-corrected chi connectivity index (χ3v) is 9.70. The van der Waals surface area contributed by atoms with E-state index in [4.69, 9.17) is 62.0 Å². The molecule has 5 aromatic heterocycles. The molecule has 85 heavy (non-hydrogen) atoms. The first kappa shape index (κ1) is 85.0. The van der Waals surface area contributed by atoms with Crippen LogP contribution in [-0.4, -0.2) is 223 Å². The molecule has 0 saturated heterocycles. The normalized spacial score (nSPS) is 11.8. The van der Waals surface area contributed by atoms with Crippen molar-refractivity contribution in [1.29, 1.82) is 0 Å². The summed E-state index contributed by atoms with van der Waals surface area (Å²) in [6, 6.07) is 24.3. The van der Waals surface area contributed by atoms with Crippen LogP contribution in [0.3, 0.4) is 0 Å². The summed E-state index contributed by atoms with van der Waals surface area (Å²) in [5, 5.41) is 33.3. The van der Waals surface area contributed by atoms with E-state index in [9.17, 15) is 52.7 Å². The summed E-state index contributed by atoms with van der Waals surface area (Å²) in [7, 11) is -16.2. The van der Waals surface area contributed by atoms with Gasteiger partial charge in [-0.1, -0.05) is 24.3 Å². The number of pyridine rings is 4. The summed E-state index contributed by atoms with van der Waals surface area (Å²) in [6.07, 6.45) is 11.6. The van der Waals surface area contributed by atoms with Crippen molar-refractivity contribution >= 4 is 143 Å². The van der Waals surface area contributed by atoms with Gasteiger partial charge in [0.05, 0.1) is 47.6 Å². The molecule has 0 atom stereocenters. The van der Waals surface area contributed by atoms with Gasteiger partial charge >= 0.3 is 76.6 Å². The number of anilines is 4. The number of aromatic nitrogens is 6. The van der Waals surface area contributed by atoms with Crippen LogP contribution in [0.4, 0.5) is 76.0 Å². The fourth-order valence-electron chi connectivity index (χ4n) is 3.83. The van der Waals surface area contributed by atoms with Crippen molar-refractivity contribution in [2.45, 2.75) is 22.0 Å². The molecule has 30 nitrogen and oxygen atoms in total. The van der Waals surface area contributed by atoms with E-state index in [0.717, 1.165) is 18.7 Å². The zero-order valence-electron chi connectivity index (χ0n) is 42.7. The van der Waals surface area contributed by atoms with E-state index in [0.29, 0.717) is 34.4 Å². The molecule has 0 aliphatic rings. The van der Waals surface area contributed by atoms with Gasteiger partial charge < -0.3 is 23.7 Å². The van der Waals surface area contributed by atoms with Gasteiger partial charge in [-0.05, 0) is 48.5 Å². The number of hydrogen-bond acceptors (Lipinski definition) is 28. The topological polar surface area (TPSA) is 445 Å². The van der Waals surface area contributed by atoms with Gasteiger partial charge in [-0.3, -0.25) is 30.1 Å². The molecule has 466 valence electrons.